The van der Waals surface area contributed by atoms with E-state index in [9.17, 15) is 0 Å². The highest BCUT2D eigenvalue weighted by Crippen LogP contribution is 2.33. The highest BCUT2D eigenvalue weighted by atomic mass is 16.5. The summed E-state index contributed by atoms with van der Waals surface area (Å²) >= 11 is 0. The first-order chi connectivity index (χ1) is 7.40. The van der Waals surface area contributed by atoms with Gasteiger partial charge in [0.2, 0.25) is 0 Å². The molecule has 2 nitrogen and oxygen atoms in total. The summed E-state index contributed by atoms with van der Waals surface area (Å²) in [5.74, 6) is 1.87. The fourth-order valence-electron chi connectivity index (χ4n) is 1.93. The van der Waals surface area contributed by atoms with Gasteiger partial charge in [0.25, 0.3) is 0 Å². The Morgan fingerprint density at radius 3 is 2.67 bits per heavy atom. The average molecular weight is 205 g/mol. The highest BCUT2D eigenvalue weighted by Gasteiger charge is 2.29. The van der Waals surface area contributed by atoms with Gasteiger partial charge < -0.3 is 10.1 Å². The molecule has 1 fully saturated rings. The van der Waals surface area contributed by atoms with E-state index in [2.05, 4.69) is 5.32 Å². The summed E-state index contributed by atoms with van der Waals surface area (Å²) in [6.45, 7) is 0.812. The molecule has 2 rings (SSSR count). The van der Waals surface area contributed by atoms with Gasteiger partial charge in [-0.1, -0.05) is 18.2 Å². The van der Waals surface area contributed by atoms with Gasteiger partial charge in [0, 0.05) is 6.04 Å². The molecule has 1 aliphatic rings. The van der Waals surface area contributed by atoms with Crippen LogP contribution < -0.4 is 10.1 Å². The topological polar surface area (TPSA) is 21.3 Å². The zero-order valence-electron chi connectivity index (χ0n) is 9.28. The molecule has 1 N–H and O–H groups in total. The molecule has 0 radical (unpaired) electrons. The van der Waals surface area contributed by atoms with Crippen LogP contribution in [0.2, 0.25) is 0 Å². The Hall–Kier alpha value is -1.02. The lowest BCUT2D eigenvalue weighted by Gasteiger charge is -2.15. The molecule has 15 heavy (non-hydrogen) atoms. The molecule has 0 spiro atoms. The molecule has 0 saturated heterocycles. The molecule has 1 saturated carbocycles. The summed E-state index contributed by atoms with van der Waals surface area (Å²) in [4.78, 5) is 0. The van der Waals surface area contributed by atoms with Crippen molar-refractivity contribution in [3.8, 4) is 5.75 Å². The van der Waals surface area contributed by atoms with Crippen LogP contribution in [0.25, 0.3) is 0 Å². The van der Waals surface area contributed by atoms with Crippen LogP contribution in [0.5, 0.6) is 5.75 Å². The Morgan fingerprint density at radius 2 is 2.07 bits per heavy atom. The first-order valence-electron chi connectivity index (χ1n) is 5.75. The predicted molar refractivity (Wildman–Crippen MR) is 62.1 cm³/mol. The molecule has 0 heterocycles. The van der Waals surface area contributed by atoms with Crippen LogP contribution in [0, 0.1) is 5.92 Å². The number of nitrogens with one attached hydrogen (secondary N) is 1. The second kappa shape index (κ2) is 5.17. The lowest BCUT2D eigenvalue weighted by molar-refractivity contribution is 0.281. The molecule has 0 bridgehead atoms. The third kappa shape index (κ3) is 3.24. The second-order valence-corrected chi connectivity index (χ2v) is 4.18. The molecule has 0 amide bonds. The molecule has 0 aromatic heterocycles. The molecular formula is C13H19NO. The van der Waals surface area contributed by atoms with E-state index in [1.807, 2.05) is 37.4 Å². The normalized spacial score (nSPS) is 17.4. The van der Waals surface area contributed by atoms with E-state index in [1.165, 1.54) is 12.8 Å². The second-order valence-electron chi connectivity index (χ2n) is 4.18. The molecule has 2 heteroatoms. The third-order valence-electron chi connectivity index (χ3n) is 3.00. The zero-order valence-corrected chi connectivity index (χ0v) is 9.28. The minimum Gasteiger partial charge on any atom is -0.494 e. The Balaban J connectivity index is 1.69. The molecule has 0 aliphatic heterocycles. The molecule has 1 unspecified atom stereocenters. The van der Waals surface area contributed by atoms with Crippen LogP contribution in [0.15, 0.2) is 30.3 Å². The summed E-state index contributed by atoms with van der Waals surface area (Å²) in [5, 5.41) is 3.37. The fraction of sp³-hybridized carbons (Fsp3) is 0.538. The van der Waals surface area contributed by atoms with E-state index < -0.39 is 0 Å². The molecular weight excluding hydrogens is 186 g/mol. The number of hydrogen-bond acceptors (Lipinski definition) is 2. The summed E-state index contributed by atoms with van der Waals surface area (Å²) in [5.41, 5.74) is 0. The lowest BCUT2D eigenvalue weighted by Crippen LogP contribution is -2.29. The fourth-order valence-corrected chi connectivity index (χ4v) is 1.93. The van der Waals surface area contributed by atoms with Crippen molar-refractivity contribution in [1.29, 1.82) is 0 Å². The van der Waals surface area contributed by atoms with E-state index in [0.717, 1.165) is 24.7 Å². The van der Waals surface area contributed by atoms with Crippen molar-refractivity contribution in [3.05, 3.63) is 30.3 Å². The minimum absolute atomic E-state index is 0.647. The van der Waals surface area contributed by atoms with Crippen molar-refractivity contribution < 1.29 is 4.74 Å². The van der Waals surface area contributed by atoms with Gasteiger partial charge in [-0.15, -0.1) is 0 Å². The van der Waals surface area contributed by atoms with Crippen LogP contribution in [-0.2, 0) is 0 Å². The maximum atomic E-state index is 5.68. The van der Waals surface area contributed by atoms with Crippen LogP contribution in [0.1, 0.15) is 19.3 Å². The standard InChI is InChI=1S/C13H19NO/c1-14-13(11-7-8-11)9-10-15-12-5-3-2-4-6-12/h2-6,11,13-14H,7-10H2,1H3. The molecule has 1 aliphatic carbocycles. The van der Waals surface area contributed by atoms with Crippen molar-refractivity contribution in [2.24, 2.45) is 5.92 Å². The van der Waals surface area contributed by atoms with Crippen LogP contribution in [-0.4, -0.2) is 19.7 Å². The van der Waals surface area contributed by atoms with E-state index in [0.29, 0.717) is 6.04 Å². The van der Waals surface area contributed by atoms with Gasteiger partial charge in [-0.05, 0) is 44.4 Å². The summed E-state index contributed by atoms with van der Waals surface area (Å²) in [7, 11) is 2.05. The van der Waals surface area contributed by atoms with Gasteiger partial charge in [-0.25, -0.2) is 0 Å². The Kier molecular flexibility index (Phi) is 3.62. The van der Waals surface area contributed by atoms with E-state index >= 15 is 0 Å². The number of rotatable bonds is 6. The Morgan fingerprint density at radius 1 is 1.33 bits per heavy atom. The first kappa shape index (κ1) is 10.5. The molecule has 1 aromatic rings. The van der Waals surface area contributed by atoms with Crippen molar-refractivity contribution in [2.45, 2.75) is 25.3 Å². The Bertz CT molecular complexity index is 282. The molecule has 1 atom stereocenters. The van der Waals surface area contributed by atoms with Gasteiger partial charge >= 0.3 is 0 Å². The summed E-state index contributed by atoms with van der Waals surface area (Å²) in [6, 6.07) is 10.7. The maximum absolute atomic E-state index is 5.68. The highest BCUT2D eigenvalue weighted by molar-refractivity contribution is 5.20. The van der Waals surface area contributed by atoms with Crippen LogP contribution in [0.4, 0.5) is 0 Å². The summed E-state index contributed by atoms with van der Waals surface area (Å²) in [6.07, 6.45) is 3.88. The summed E-state index contributed by atoms with van der Waals surface area (Å²) < 4.78 is 5.68. The van der Waals surface area contributed by atoms with Crippen molar-refractivity contribution >= 4 is 0 Å². The maximum Gasteiger partial charge on any atom is 0.119 e. The van der Waals surface area contributed by atoms with Gasteiger partial charge in [0.1, 0.15) is 5.75 Å². The van der Waals surface area contributed by atoms with E-state index in [1.54, 1.807) is 0 Å². The lowest BCUT2D eigenvalue weighted by atomic mass is 10.1. The predicted octanol–water partition coefficient (Wildman–Crippen LogP) is 2.45. The SMILES string of the molecule is CNC(CCOc1ccccc1)C1CC1. The first-order valence-corrected chi connectivity index (χ1v) is 5.75. The number of ether oxygens (including phenoxy) is 1. The van der Waals surface area contributed by atoms with Crippen molar-refractivity contribution in [1.82, 2.24) is 5.32 Å². The van der Waals surface area contributed by atoms with E-state index in [4.69, 9.17) is 4.74 Å². The monoisotopic (exact) mass is 205 g/mol. The average Bonchev–Trinajstić information content (AvgIpc) is 3.10. The zero-order chi connectivity index (χ0) is 10.5. The van der Waals surface area contributed by atoms with Gasteiger partial charge in [-0.3, -0.25) is 0 Å². The quantitative estimate of drug-likeness (QED) is 0.770. The van der Waals surface area contributed by atoms with Gasteiger partial charge in [-0.2, -0.15) is 0 Å². The number of hydrogen-bond donors (Lipinski definition) is 1. The number of para-hydroxylation sites is 1. The van der Waals surface area contributed by atoms with Gasteiger partial charge in [0.15, 0.2) is 0 Å². The largest absolute Gasteiger partial charge is 0.494 e. The van der Waals surface area contributed by atoms with Crippen LogP contribution in [0.3, 0.4) is 0 Å². The van der Waals surface area contributed by atoms with Gasteiger partial charge in [0.05, 0.1) is 6.61 Å². The minimum atomic E-state index is 0.647. The Labute approximate surface area is 91.6 Å². The smallest absolute Gasteiger partial charge is 0.119 e. The van der Waals surface area contributed by atoms with Crippen molar-refractivity contribution in [3.63, 3.8) is 0 Å². The number of benzene rings is 1. The third-order valence-corrected chi connectivity index (χ3v) is 3.00. The van der Waals surface area contributed by atoms with Crippen molar-refractivity contribution in [2.75, 3.05) is 13.7 Å². The van der Waals surface area contributed by atoms with Crippen LogP contribution >= 0.6 is 0 Å². The molecule has 82 valence electrons. The molecule has 1 aromatic carbocycles. The van der Waals surface area contributed by atoms with E-state index in [-0.39, 0.29) is 0 Å².